The van der Waals surface area contributed by atoms with Crippen molar-refractivity contribution < 1.29 is 95.2 Å². The predicted octanol–water partition coefficient (Wildman–Crippen LogP) is 11.4. The molecule has 85 heavy (non-hydrogen) atoms. The van der Waals surface area contributed by atoms with Gasteiger partial charge in [-0.25, -0.2) is 19.2 Å². The van der Waals surface area contributed by atoms with Crippen LogP contribution in [0.5, 0.6) is 0 Å². The number of rotatable bonds is 41. The van der Waals surface area contributed by atoms with Crippen LogP contribution in [0.4, 0.5) is 19.2 Å². The molecule has 0 aromatic rings. The second-order valence-corrected chi connectivity index (χ2v) is 21.8. The minimum Gasteiger partial charge on any atom is -0.462 e. The van der Waals surface area contributed by atoms with Crippen molar-refractivity contribution in [2.24, 2.45) is 0 Å². The Hall–Kier alpha value is -5.16. The van der Waals surface area contributed by atoms with Crippen molar-refractivity contribution in [3.63, 3.8) is 0 Å². The van der Waals surface area contributed by atoms with E-state index in [4.69, 9.17) is 56.8 Å². The smallest absolute Gasteiger partial charge is 0.462 e. The lowest BCUT2D eigenvalue weighted by Gasteiger charge is -2.35. The lowest BCUT2D eigenvalue weighted by atomic mass is 9.86. The van der Waals surface area contributed by atoms with Crippen molar-refractivity contribution in [1.29, 1.82) is 0 Å². The highest BCUT2D eigenvalue weighted by atomic mass is 16.8. The molecule has 0 N–H and O–H groups in total. The topological polar surface area (TPSA) is 257 Å². The lowest BCUT2D eigenvalue weighted by Crippen LogP contribution is -2.40. The molecule has 0 saturated carbocycles. The summed E-state index contributed by atoms with van der Waals surface area (Å²) in [5, 5.41) is 0. The number of hydrogen-bond acceptors (Lipinski definition) is 23. The van der Waals surface area contributed by atoms with Crippen molar-refractivity contribution >= 4 is 48.5 Å². The summed E-state index contributed by atoms with van der Waals surface area (Å²) in [6.07, 6.45) is 13.0. The zero-order chi connectivity index (χ0) is 62.8. The molecule has 1 rings (SSSR count). The van der Waals surface area contributed by atoms with Gasteiger partial charge in [-0.3, -0.25) is 19.2 Å². The summed E-state index contributed by atoms with van der Waals surface area (Å²) >= 11 is 0. The molecule has 1 aliphatic heterocycles. The van der Waals surface area contributed by atoms with Gasteiger partial charge in [0.2, 0.25) is 0 Å². The summed E-state index contributed by atoms with van der Waals surface area (Å²) in [6.45, 7) is 16.3. The molecule has 1 saturated heterocycles. The Bertz CT molecular complexity index is 1750. The summed E-state index contributed by atoms with van der Waals surface area (Å²) in [4.78, 5) is 108. The van der Waals surface area contributed by atoms with Crippen LogP contribution in [-0.4, -0.2) is 199 Å². The van der Waals surface area contributed by atoms with Gasteiger partial charge in [-0.05, 0) is 117 Å². The number of cyclic esters (lactones) is 6. The molecule has 23 heteroatoms. The SMILES string of the molecule is CCCCCC(CC)OC(=O)OCCOC(=O)CCN(CCCN(C)CCCN1CCC(=O)OCCOC(=O)OC(CCCCC)CC(CC)(CCCCC)OC(=O)OCCOC(=O)CC1)CCC(=O)OCCOC(=O)OC(CC)CCCCC. The average Bonchev–Trinajstić information content (AvgIpc) is 3.65. The van der Waals surface area contributed by atoms with E-state index >= 15 is 0 Å². The van der Waals surface area contributed by atoms with Gasteiger partial charge in [0.25, 0.3) is 0 Å². The van der Waals surface area contributed by atoms with E-state index < -0.39 is 60.2 Å². The Kier molecular flexibility index (Phi) is 46.7. The summed E-state index contributed by atoms with van der Waals surface area (Å²) < 4.78 is 65.2. The maximum atomic E-state index is 13.1. The molecule has 1 heterocycles. The molecule has 23 nitrogen and oxygen atoms in total. The van der Waals surface area contributed by atoms with Gasteiger partial charge in [-0.1, -0.05) is 99.8 Å². The standard InChI is InChI=1S/C62H111N3O20/c1-9-16-20-26-51(13-5)82-58(70)78-46-42-74-54(66)29-38-64(39-30-55(67)75-43-47-79-59(71)83-52(14-6)27-21-17-10-2)36-24-34-63(8)35-25-37-65-40-31-56(68)76-44-48-80-60(72)84-53(28-22-18-11-3)50-62(15-7,33-23-19-12-4)85-61(73)81-49-45-77-57(69)32-41-65/h51-53H,9-50H2,1-8H3. The van der Waals surface area contributed by atoms with Crippen LogP contribution in [0.3, 0.4) is 0 Å². The average molecular weight is 1220 g/mol. The minimum atomic E-state index is -0.972. The van der Waals surface area contributed by atoms with Gasteiger partial charge in [0.15, 0.2) is 0 Å². The van der Waals surface area contributed by atoms with E-state index in [1.54, 1.807) is 0 Å². The fraction of sp³-hybridized carbons (Fsp3) is 0.871. The number of unbranched alkanes of at least 4 members (excludes halogenated alkanes) is 8. The van der Waals surface area contributed by atoms with Gasteiger partial charge in [0.1, 0.15) is 76.8 Å². The third kappa shape index (κ3) is 42.4. The maximum Gasteiger partial charge on any atom is 0.508 e. The normalized spacial score (nSPS) is 18.0. The Labute approximate surface area is 508 Å². The zero-order valence-corrected chi connectivity index (χ0v) is 53.4. The summed E-state index contributed by atoms with van der Waals surface area (Å²) in [7, 11) is 1.97. The maximum absolute atomic E-state index is 13.1. The fourth-order valence-electron chi connectivity index (χ4n) is 9.50. The van der Waals surface area contributed by atoms with Crippen molar-refractivity contribution in [2.45, 2.75) is 239 Å². The van der Waals surface area contributed by atoms with Gasteiger partial charge in [-0.2, -0.15) is 0 Å². The van der Waals surface area contributed by atoms with Crippen LogP contribution >= 0.6 is 0 Å². The highest BCUT2D eigenvalue weighted by Gasteiger charge is 2.37. The van der Waals surface area contributed by atoms with Crippen LogP contribution in [-0.2, 0) is 76.0 Å². The number of hydrogen-bond donors (Lipinski definition) is 0. The first kappa shape index (κ1) is 77.9. The molecule has 0 radical (unpaired) electrons. The molecular formula is C62H111N3O20. The van der Waals surface area contributed by atoms with Crippen molar-refractivity contribution in [3.05, 3.63) is 0 Å². The Morgan fingerprint density at radius 1 is 0.553 bits per heavy atom. The predicted molar refractivity (Wildman–Crippen MR) is 318 cm³/mol. The third-order valence-electron chi connectivity index (χ3n) is 14.7. The van der Waals surface area contributed by atoms with E-state index in [0.717, 1.165) is 89.9 Å². The molecule has 0 aromatic carbocycles. The van der Waals surface area contributed by atoms with Gasteiger partial charge in [0, 0.05) is 32.6 Å². The summed E-state index contributed by atoms with van der Waals surface area (Å²) in [6, 6.07) is 0. The second kappa shape index (κ2) is 50.9. The van der Waals surface area contributed by atoms with E-state index in [9.17, 15) is 38.4 Å². The number of nitrogens with zero attached hydrogens (tertiary/aromatic N) is 3. The largest absolute Gasteiger partial charge is 0.508 e. The highest BCUT2D eigenvalue weighted by Crippen LogP contribution is 2.33. The quantitative estimate of drug-likeness (QED) is 0.0313. The molecule has 0 spiro atoms. The van der Waals surface area contributed by atoms with Crippen molar-refractivity contribution in [1.82, 2.24) is 14.7 Å². The highest BCUT2D eigenvalue weighted by molar-refractivity contribution is 5.71. The molecule has 1 fully saturated rings. The summed E-state index contributed by atoms with van der Waals surface area (Å²) in [5.41, 5.74) is -0.972. The minimum absolute atomic E-state index is 0.0120. The summed E-state index contributed by atoms with van der Waals surface area (Å²) in [5.74, 6) is -2.00. The van der Waals surface area contributed by atoms with E-state index in [0.29, 0.717) is 71.1 Å². The third-order valence-corrected chi connectivity index (χ3v) is 14.7. The number of esters is 4. The molecule has 1 aliphatic rings. The van der Waals surface area contributed by atoms with Crippen LogP contribution < -0.4 is 0 Å². The fourth-order valence-corrected chi connectivity index (χ4v) is 9.50. The van der Waals surface area contributed by atoms with Crippen LogP contribution in [0.25, 0.3) is 0 Å². The molecule has 0 bridgehead atoms. The van der Waals surface area contributed by atoms with Crippen LogP contribution in [0.1, 0.15) is 215 Å². The molecular weight excluding hydrogens is 1110 g/mol. The molecule has 4 unspecified atom stereocenters. The van der Waals surface area contributed by atoms with Gasteiger partial charge < -0.3 is 71.5 Å². The molecule has 0 aromatic heterocycles. The van der Waals surface area contributed by atoms with Crippen LogP contribution in [0.2, 0.25) is 0 Å². The number of carbonyl (C=O) groups excluding carboxylic acids is 8. The number of carbonyl (C=O) groups is 8. The second-order valence-electron chi connectivity index (χ2n) is 21.8. The van der Waals surface area contributed by atoms with Gasteiger partial charge >= 0.3 is 48.5 Å². The van der Waals surface area contributed by atoms with Crippen LogP contribution in [0, 0.1) is 0 Å². The molecule has 0 aliphatic carbocycles. The van der Waals surface area contributed by atoms with E-state index in [2.05, 4.69) is 32.6 Å². The van der Waals surface area contributed by atoms with Gasteiger partial charge in [-0.15, -0.1) is 0 Å². The zero-order valence-electron chi connectivity index (χ0n) is 53.4. The first-order valence-corrected chi connectivity index (χ1v) is 32.2. The van der Waals surface area contributed by atoms with E-state index in [-0.39, 0.29) is 123 Å². The van der Waals surface area contributed by atoms with E-state index in [1.165, 1.54) is 0 Å². The number of ether oxygens (including phenoxy) is 12. The molecule has 0 amide bonds. The first-order valence-electron chi connectivity index (χ1n) is 32.2. The lowest BCUT2D eigenvalue weighted by molar-refractivity contribution is -0.147. The van der Waals surface area contributed by atoms with E-state index in [1.807, 2.05) is 37.6 Å². The Morgan fingerprint density at radius 2 is 1.02 bits per heavy atom. The molecule has 4 atom stereocenters. The Morgan fingerprint density at radius 3 is 1.53 bits per heavy atom. The van der Waals surface area contributed by atoms with Crippen molar-refractivity contribution in [2.75, 3.05) is 112 Å². The Balaban J connectivity index is 2.92. The molecule has 494 valence electrons. The monoisotopic (exact) mass is 1220 g/mol. The van der Waals surface area contributed by atoms with Crippen molar-refractivity contribution in [3.8, 4) is 0 Å². The first-order chi connectivity index (χ1) is 41.0. The van der Waals surface area contributed by atoms with Crippen LogP contribution in [0.15, 0.2) is 0 Å². The van der Waals surface area contributed by atoms with Gasteiger partial charge in [0.05, 0.1) is 25.7 Å².